The SMILES string of the molecule is CN(Cc1ccc(C#N)cc1)c1nnc(C2CCS(=O)(=O)C2)n1CCN1CCCCC1. The molecule has 2 aromatic rings. The number of nitriles is 1. The molecule has 1 aromatic carbocycles. The summed E-state index contributed by atoms with van der Waals surface area (Å²) in [7, 11) is -1.01. The van der Waals surface area contributed by atoms with Crippen LogP contribution in [0.15, 0.2) is 24.3 Å². The molecule has 4 rings (SSSR count). The van der Waals surface area contributed by atoms with Gasteiger partial charge in [0.15, 0.2) is 9.84 Å². The van der Waals surface area contributed by atoms with Gasteiger partial charge in [-0.1, -0.05) is 18.6 Å². The van der Waals surface area contributed by atoms with Crippen molar-refractivity contribution < 1.29 is 8.42 Å². The van der Waals surface area contributed by atoms with E-state index in [4.69, 9.17) is 5.26 Å². The van der Waals surface area contributed by atoms with Gasteiger partial charge in [0.1, 0.15) is 5.82 Å². The zero-order chi connectivity index (χ0) is 21.8. The molecule has 0 spiro atoms. The quantitative estimate of drug-likeness (QED) is 0.648. The third kappa shape index (κ3) is 5.25. The monoisotopic (exact) mass is 442 g/mol. The standard InChI is InChI=1S/C22H30N6O2S/c1-26(16-19-7-5-18(15-23)6-8-19)22-25-24-21(20-9-14-31(29,30)17-20)28(22)13-12-27-10-3-2-4-11-27/h5-8,20H,2-4,9-14,16-17H2,1H3. The molecule has 1 atom stereocenters. The van der Waals surface area contributed by atoms with E-state index in [1.165, 1.54) is 19.3 Å². The topological polar surface area (TPSA) is 95.1 Å². The van der Waals surface area contributed by atoms with E-state index in [2.05, 4.69) is 30.6 Å². The lowest BCUT2D eigenvalue weighted by Gasteiger charge is -2.28. The summed E-state index contributed by atoms with van der Waals surface area (Å²) in [6, 6.07) is 9.69. The normalized spacial score (nSPS) is 21.1. The molecule has 3 heterocycles. The van der Waals surface area contributed by atoms with Crippen molar-refractivity contribution in [3.63, 3.8) is 0 Å². The van der Waals surface area contributed by atoms with E-state index in [1.807, 2.05) is 31.3 Å². The second kappa shape index (κ2) is 9.37. The van der Waals surface area contributed by atoms with E-state index in [1.54, 1.807) is 0 Å². The largest absolute Gasteiger partial charge is 0.340 e. The number of hydrogen-bond acceptors (Lipinski definition) is 7. The van der Waals surface area contributed by atoms with Gasteiger partial charge in [-0.25, -0.2) is 8.42 Å². The fourth-order valence-corrected chi connectivity index (χ4v) is 6.30. The van der Waals surface area contributed by atoms with Gasteiger partial charge >= 0.3 is 0 Å². The molecule has 1 aromatic heterocycles. The molecule has 8 nitrogen and oxygen atoms in total. The molecule has 0 N–H and O–H groups in total. The molecular weight excluding hydrogens is 412 g/mol. The maximum absolute atomic E-state index is 12.1. The number of likely N-dealkylation sites (tertiary alicyclic amines) is 1. The van der Waals surface area contributed by atoms with Crippen LogP contribution >= 0.6 is 0 Å². The van der Waals surface area contributed by atoms with Crippen LogP contribution in [0.2, 0.25) is 0 Å². The minimum atomic E-state index is -2.99. The first-order chi connectivity index (χ1) is 14.9. The molecule has 0 radical (unpaired) electrons. The molecule has 2 fully saturated rings. The number of nitrogens with zero attached hydrogens (tertiary/aromatic N) is 6. The molecule has 0 amide bonds. The Hall–Kier alpha value is -2.44. The molecule has 1 unspecified atom stereocenters. The van der Waals surface area contributed by atoms with Crippen molar-refractivity contribution in [3.8, 4) is 6.07 Å². The highest BCUT2D eigenvalue weighted by molar-refractivity contribution is 7.91. The Bertz CT molecular complexity index is 1030. The number of benzene rings is 1. The first kappa shape index (κ1) is 21.8. The zero-order valence-electron chi connectivity index (χ0n) is 18.1. The zero-order valence-corrected chi connectivity index (χ0v) is 18.9. The fraction of sp³-hybridized carbons (Fsp3) is 0.591. The minimum Gasteiger partial charge on any atom is -0.340 e. The molecule has 9 heteroatoms. The van der Waals surface area contributed by atoms with E-state index in [9.17, 15) is 8.42 Å². The van der Waals surface area contributed by atoms with Gasteiger partial charge in [0.25, 0.3) is 0 Å². The Morgan fingerprint density at radius 3 is 2.52 bits per heavy atom. The molecule has 31 heavy (non-hydrogen) atoms. The van der Waals surface area contributed by atoms with Crippen LogP contribution in [-0.2, 0) is 22.9 Å². The lowest BCUT2D eigenvalue weighted by molar-refractivity contribution is 0.220. The number of piperidine rings is 1. The highest BCUT2D eigenvalue weighted by Gasteiger charge is 2.33. The molecule has 2 aliphatic heterocycles. The van der Waals surface area contributed by atoms with Crippen LogP contribution in [0, 0.1) is 11.3 Å². The molecule has 2 aliphatic rings. The van der Waals surface area contributed by atoms with E-state index in [0.717, 1.165) is 43.5 Å². The van der Waals surface area contributed by atoms with Gasteiger partial charge in [-0.05, 0) is 50.0 Å². The van der Waals surface area contributed by atoms with Gasteiger partial charge in [0, 0.05) is 32.6 Å². The number of rotatable bonds is 7. The van der Waals surface area contributed by atoms with Crippen LogP contribution in [0.3, 0.4) is 0 Å². The molecule has 0 aliphatic carbocycles. The third-order valence-electron chi connectivity index (χ3n) is 6.29. The molecular formula is C22H30N6O2S. The maximum atomic E-state index is 12.1. The summed E-state index contributed by atoms with van der Waals surface area (Å²) < 4.78 is 26.3. The number of sulfone groups is 1. The van der Waals surface area contributed by atoms with Crippen molar-refractivity contribution in [3.05, 3.63) is 41.2 Å². The summed E-state index contributed by atoms with van der Waals surface area (Å²) >= 11 is 0. The van der Waals surface area contributed by atoms with Gasteiger partial charge in [-0.15, -0.1) is 10.2 Å². The fourth-order valence-electron chi connectivity index (χ4n) is 4.56. The highest BCUT2D eigenvalue weighted by Crippen LogP contribution is 2.30. The van der Waals surface area contributed by atoms with Crippen LogP contribution in [0.1, 0.15) is 48.6 Å². The van der Waals surface area contributed by atoms with Crippen molar-refractivity contribution in [2.75, 3.05) is 43.1 Å². The van der Waals surface area contributed by atoms with Gasteiger partial charge < -0.3 is 9.80 Å². The second-order valence-electron chi connectivity index (χ2n) is 8.68. The van der Waals surface area contributed by atoms with Gasteiger partial charge in [0.05, 0.1) is 23.1 Å². The summed E-state index contributed by atoms with van der Waals surface area (Å²) in [5.74, 6) is 1.86. The van der Waals surface area contributed by atoms with E-state index in [-0.39, 0.29) is 17.4 Å². The predicted octanol–water partition coefficient (Wildman–Crippen LogP) is 2.17. The second-order valence-corrected chi connectivity index (χ2v) is 10.9. The lowest BCUT2D eigenvalue weighted by Crippen LogP contribution is -2.33. The van der Waals surface area contributed by atoms with Crippen molar-refractivity contribution in [1.82, 2.24) is 19.7 Å². The van der Waals surface area contributed by atoms with Gasteiger partial charge in [-0.2, -0.15) is 5.26 Å². The lowest BCUT2D eigenvalue weighted by atomic mass is 10.1. The smallest absolute Gasteiger partial charge is 0.227 e. The van der Waals surface area contributed by atoms with Crippen LogP contribution in [0.25, 0.3) is 0 Å². The van der Waals surface area contributed by atoms with Gasteiger partial charge in [-0.3, -0.25) is 4.57 Å². The van der Waals surface area contributed by atoms with Crippen LogP contribution < -0.4 is 4.90 Å². The van der Waals surface area contributed by atoms with E-state index < -0.39 is 9.84 Å². The average molecular weight is 443 g/mol. The summed E-state index contributed by atoms with van der Waals surface area (Å²) in [4.78, 5) is 4.53. The Kier molecular flexibility index (Phi) is 6.58. The van der Waals surface area contributed by atoms with E-state index >= 15 is 0 Å². The van der Waals surface area contributed by atoms with Crippen molar-refractivity contribution in [1.29, 1.82) is 5.26 Å². The summed E-state index contributed by atoms with van der Waals surface area (Å²) in [5, 5.41) is 17.9. The summed E-state index contributed by atoms with van der Waals surface area (Å²) in [5.41, 5.74) is 1.72. The predicted molar refractivity (Wildman–Crippen MR) is 120 cm³/mol. The number of hydrogen-bond donors (Lipinski definition) is 0. The van der Waals surface area contributed by atoms with Crippen molar-refractivity contribution in [2.24, 2.45) is 0 Å². The van der Waals surface area contributed by atoms with Crippen molar-refractivity contribution in [2.45, 2.75) is 44.7 Å². The Balaban J connectivity index is 1.55. The van der Waals surface area contributed by atoms with Crippen LogP contribution in [0.4, 0.5) is 5.95 Å². The molecule has 0 saturated carbocycles. The first-order valence-corrected chi connectivity index (χ1v) is 12.8. The summed E-state index contributed by atoms with van der Waals surface area (Å²) in [6.07, 6.45) is 4.39. The van der Waals surface area contributed by atoms with Crippen LogP contribution in [0.5, 0.6) is 0 Å². The molecule has 2 saturated heterocycles. The Morgan fingerprint density at radius 2 is 1.87 bits per heavy atom. The number of anilines is 1. The van der Waals surface area contributed by atoms with E-state index in [0.29, 0.717) is 18.5 Å². The minimum absolute atomic E-state index is 0.0871. The third-order valence-corrected chi connectivity index (χ3v) is 8.06. The molecule has 166 valence electrons. The highest BCUT2D eigenvalue weighted by atomic mass is 32.2. The summed E-state index contributed by atoms with van der Waals surface area (Å²) in [6.45, 7) is 4.54. The Labute approximate surface area is 184 Å². The number of aromatic nitrogens is 3. The van der Waals surface area contributed by atoms with Crippen LogP contribution in [-0.4, -0.2) is 66.3 Å². The Morgan fingerprint density at radius 1 is 1.13 bits per heavy atom. The maximum Gasteiger partial charge on any atom is 0.227 e. The molecule has 0 bridgehead atoms. The van der Waals surface area contributed by atoms with Gasteiger partial charge in [0.2, 0.25) is 5.95 Å². The van der Waals surface area contributed by atoms with Crippen molar-refractivity contribution >= 4 is 15.8 Å². The first-order valence-electron chi connectivity index (χ1n) is 11.0. The average Bonchev–Trinajstić information content (AvgIpc) is 3.36.